The van der Waals surface area contributed by atoms with Crippen LogP contribution in [0.2, 0.25) is 0 Å². The van der Waals surface area contributed by atoms with Crippen LogP contribution in [0.3, 0.4) is 0 Å². The number of nitrogens with two attached hydrogens (primary N) is 1. The summed E-state index contributed by atoms with van der Waals surface area (Å²) in [6, 6.07) is 0. The molecule has 0 aromatic rings. The second-order valence-corrected chi connectivity index (χ2v) is 1.77. The summed E-state index contributed by atoms with van der Waals surface area (Å²) in [6.45, 7) is 1.98. The number of nitrogens with one attached hydrogen (secondary N) is 1. The Balaban J connectivity index is 2.59. The third-order valence-corrected chi connectivity index (χ3v) is 1.13. The molecule has 3 N–H and O–H groups in total. The van der Waals surface area contributed by atoms with Gasteiger partial charge in [0.25, 0.3) is 0 Å². The van der Waals surface area contributed by atoms with Crippen molar-refractivity contribution in [2.24, 2.45) is 5.73 Å². The smallest absolute Gasteiger partial charge is 0.0939 e. The SMILES string of the molecule is C/C=C1/C=CC(N)N1. The monoisotopic (exact) mass is 110 g/mol. The minimum atomic E-state index is 0.0289. The van der Waals surface area contributed by atoms with Crippen molar-refractivity contribution in [2.45, 2.75) is 13.1 Å². The van der Waals surface area contributed by atoms with E-state index in [0.29, 0.717) is 0 Å². The second kappa shape index (κ2) is 2.01. The molecule has 2 heteroatoms. The van der Waals surface area contributed by atoms with Crippen LogP contribution in [0.5, 0.6) is 0 Å². The molecule has 1 aliphatic heterocycles. The molecular weight excluding hydrogens is 100 g/mol. The van der Waals surface area contributed by atoms with Crippen molar-refractivity contribution in [3.8, 4) is 0 Å². The molecule has 0 spiro atoms. The summed E-state index contributed by atoms with van der Waals surface area (Å²) in [5.74, 6) is 0. The van der Waals surface area contributed by atoms with Gasteiger partial charge in [-0.1, -0.05) is 6.08 Å². The first-order chi connectivity index (χ1) is 3.83. The molecule has 1 atom stereocenters. The summed E-state index contributed by atoms with van der Waals surface area (Å²) < 4.78 is 0. The average molecular weight is 110 g/mol. The van der Waals surface area contributed by atoms with Crippen LogP contribution in [0.25, 0.3) is 0 Å². The maximum Gasteiger partial charge on any atom is 0.0939 e. The summed E-state index contributed by atoms with van der Waals surface area (Å²) in [5.41, 5.74) is 6.57. The van der Waals surface area contributed by atoms with Crippen LogP contribution < -0.4 is 11.1 Å². The van der Waals surface area contributed by atoms with Crippen LogP contribution in [0.1, 0.15) is 6.92 Å². The lowest BCUT2D eigenvalue weighted by Gasteiger charge is -2.01. The maximum absolute atomic E-state index is 5.46. The molecule has 0 amide bonds. The number of rotatable bonds is 0. The zero-order valence-corrected chi connectivity index (χ0v) is 4.89. The quantitative estimate of drug-likeness (QED) is 0.471. The largest absolute Gasteiger partial charge is 0.367 e. The molecule has 1 aliphatic rings. The van der Waals surface area contributed by atoms with Crippen molar-refractivity contribution >= 4 is 0 Å². The minimum absolute atomic E-state index is 0.0289. The predicted octanol–water partition coefficient (Wildman–Crippen LogP) is 0.334. The van der Waals surface area contributed by atoms with Gasteiger partial charge in [-0.2, -0.15) is 0 Å². The van der Waals surface area contributed by atoms with Crippen molar-refractivity contribution in [2.75, 3.05) is 0 Å². The van der Waals surface area contributed by atoms with E-state index in [4.69, 9.17) is 5.73 Å². The van der Waals surface area contributed by atoms with Crippen molar-refractivity contribution in [1.29, 1.82) is 0 Å². The normalized spacial score (nSPS) is 31.2. The van der Waals surface area contributed by atoms with Crippen molar-refractivity contribution in [1.82, 2.24) is 5.32 Å². The maximum atomic E-state index is 5.46. The lowest BCUT2D eigenvalue weighted by atomic mass is 10.4. The van der Waals surface area contributed by atoms with Crippen LogP contribution in [-0.4, -0.2) is 6.17 Å². The fraction of sp³-hybridized carbons (Fsp3) is 0.333. The highest BCUT2D eigenvalue weighted by Gasteiger charge is 2.02. The molecule has 0 bridgehead atoms. The Morgan fingerprint density at radius 2 is 2.62 bits per heavy atom. The zero-order valence-electron chi connectivity index (χ0n) is 4.89. The van der Waals surface area contributed by atoms with E-state index in [1.807, 2.05) is 25.2 Å². The summed E-state index contributed by atoms with van der Waals surface area (Å²) in [5, 5.41) is 3.03. The fourth-order valence-corrected chi connectivity index (χ4v) is 0.676. The first-order valence-corrected chi connectivity index (χ1v) is 2.69. The predicted molar refractivity (Wildman–Crippen MR) is 34.0 cm³/mol. The van der Waals surface area contributed by atoms with Gasteiger partial charge in [0.2, 0.25) is 0 Å². The fourth-order valence-electron chi connectivity index (χ4n) is 0.676. The first kappa shape index (κ1) is 5.38. The molecule has 2 nitrogen and oxygen atoms in total. The summed E-state index contributed by atoms with van der Waals surface area (Å²) >= 11 is 0. The third-order valence-electron chi connectivity index (χ3n) is 1.13. The summed E-state index contributed by atoms with van der Waals surface area (Å²) in [6.07, 6.45) is 5.92. The van der Waals surface area contributed by atoms with Crippen molar-refractivity contribution in [3.63, 3.8) is 0 Å². The lowest BCUT2D eigenvalue weighted by Crippen LogP contribution is -2.29. The summed E-state index contributed by atoms with van der Waals surface area (Å²) in [4.78, 5) is 0. The van der Waals surface area contributed by atoms with E-state index in [-0.39, 0.29) is 6.17 Å². The van der Waals surface area contributed by atoms with E-state index in [1.165, 1.54) is 0 Å². The Bertz CT molecular complexity index is 135. The second-order valence-electron chi connectivity index (χ2n) is 1.77. The van der Waals surface area contributed by atoms with Gasteiger partial charge < -0.3 is 11.1 Å². The minimum Gasteiger partial charge on any atom is -0.367 e. The van der Waals surface area contributed by atoms with Gasteiger partial charge in [0.15, 0.2) is 0 Å². The van der Waals surface area contributed by atoms with Crippen LogP contribution in [-0.2, 0) is 0 Å². The Labute approximate surface area is 49.1 Å². The summed E-state index contributed by atoms with van der Waals surface area (Å²) in [7, 11) is 0. The van der Waals surface area contributed by atoms with Crippen LogP contribution in [0.15, 0.2) is 23.9 Å². The molecule has 0 radical (unpaired) electrons. The van der Waals surface area contributed by atoms with Crippen molar-refractivity contribution in [3.05, 3.63) is 23.9 Å². The molecule has 0 aliphatic carbocycles. The topological polar surface area (TPSA) is 38.0 Å². The zero-order chi connectivity index (χ0) is 5.98. The van der Waals surface area contributed by atoms with Crippen LogP contribution in [0, 0.1) is 0 Å². The van der Waals surface area contributed by atoms with Crippen LogP contribution in [0.4, 0.5) is 0 Å². The molecule has 0 fully saturated rings. The molecule has 1 unspecified atom stereocenters. The molecule has 0 saturated carbocycles. The standard InChI is InChI=1S/C6H10N2/c1-2-5-3-4-6(7)8-5/h2-4,6,8H,7H2,1H3/b5-2-. The Morgan fingerprint density at radius 3 is 2.88 bits per heavy atom. The van der Waals surface area contributed by atoms with Gasteiger partial charge in [0.1, 0.15) is 0 Å². The Hall–Kier alpha value is -0.760. The van der Waals surface area contributed by atoms with Gasteiger partial charge in [-0.3, -0.25) is 0 Å². The van der Waals surface area contributed by atoms with Gasteiger partial charge in [0, 0.05) is 5.70 Å². The molecule has 1 heterocycles. The lowest BCUT2D eigenvalue weighted by molar-refractivity contribution is 0.743. The number of hydrogen-bond acceptors (Lipinski definition) is 2. The van der Waals surface area contributed by atoms with E-state index in [9.17, 15) is 0 Å². The van der Waals surface area contributed by atoms with Gasteiger partial charge in [-0.15, -0.1) is 0 Å². The van der Waals surface area contributed by atoms with Gasteiger partial charge in [-0.05, 0) is 19.1 Å². The Morgan fingerprint density at radius 1 is 1.88 bits per heavy atom. The average Bonchev–Trinajstić information content (AvgIpc) is 2.14. The van der Waals surface area contributed by atoms with E-state index in [1.54, 1.807) is 0 Å². The van der Waals surface area contributed by atoms with E-state index in [0.717, 1.165) is 5.70 Å². The van der Waals surface area contributed by atoms with E-state index >= 15 is 0 Å². The molecule has 1 rings (SSSR count). The third kappa shape index (κ3) is 0.898. The molecule has 8 heavy (non-hydrogen) atoms. The molecular formula is C6H10N2. The molecule has 0 aromatic heterocycles. The van der Waals surface area contributed by atoms with Gasteiger partial charge in [0.05, 0.1) is 6.17 Å². The Kier molecular flexibility index (Phi) is 1.35. The highest BCUT2D eigenvalue weighted by atomic mass is 15.0. The number of allylic oxidation sites excluding steroid dienone is 2. The van der Waals surface area contributed by atoms with E-state index in [2.05, 4.69) is 5.32 Å². The highest BCUT2D eigenvalue weighted by molar-refractivity contribution is 5.24. The molecule has 44 valence electrons. The highest BCUT2D eigenvalue weighted by Crippen LogP contribution is 2.00. The van der Waals surface area contributed by atoms with Gasteiger partial charge >= 0.3 is 0 Å². The first-order valence-electron chi connectivity index (χ1n) is 2.69. The van der Waals surface area contributed by atoms with Gasteiger partial charge in [-0.25, -0.2) is 0 Å². The number of hydrogen-bond donors (Lipinski definition) is 2. The van der Waals surface area contributed by atoms with Crippen LogP contribution >= 0.6 is 0 Å². The molecule has 0 aromatic carbocycles. The molecule has 0 saturated heterocycles. The van der Waals surface area contributed by atoms with Crippen molar-refractivity contribution < 1.29 is 0 Å². The van der Waals surface area contributed by atoms with E-state index < -0.39 is 0 Å².